The zero-order valence-corrected chi connectivity index (χ0v) is 12.8. The molecule has 1 aromatic rings. The van der Waals surface area contributed by atoms with Gasteiger partial charge in [-0.05, 0) is 56.0 Å². The Bertz CT molecular complexity index is 406. The summed E-state index contributed by atoms with van der Waals surface area (Å²) >= 11 is 0. The lowest BCUT2D eigenvalue weighted by Crippen LogP contribution is -2.43. The van der Waals surface area contributed by atoms with Crippen LogP contribution in [-0.4, -0.2) is 19.6 Å². The van der Waals surface area contributed by atoms with Crippen LogP contribution in [0.15, 0.2) is 18.2 Å². The summed E-state index contributed by atoms with van der Waals surface area (Å²) in [5.74, 6) is 0.594. The van der Waals surface area contributed by atoms with Crippen molar-refractivity contribution in [3.8, 4) is 0 Å². The highest BCUT2D eigenvalue weighted by Gasteiger charge is 2.24. The first-order valence-corrected chi connectivity index (χ1v) is 7.64. The minimum atomic E-state index is 0.430. The molecule has 0 aliphatic carbocycles. The summed E-state index contributed by atoms with van der Waals surface area (Å²) < 4.78 is 0. The van der Waals surface area contributed by atoms with E-state index >= 15 is 0 Å². The van der Waals surface area contributed by atoms with Crippen LogP contribution in [0, 0.1) is 6.92 Å². The summed E-state index contributed by atoms with van der Waals surface area (Å²) in [7, 11) is 2.09. The van der Waals surface area contributed by atoms with Crippen LogP contribution in [0.25, 0.3) is 0 Å². The SMILES string of the molecule is CNC(c1cc(C(C)C)ccc1C)C1CCCCN1. The molecule has 0 aromatic heterocycles. The maximum Gasteiger partial charge on any atom is 0.0476 e. The average Bonchev–Trinajstić information content (AvgIpc) is 2.42. The fourth-order valence-corrected chi connectivity index (χ4v) is 3.09. The van der Waals surface area contributed by atoms with E-state index < -0.39 is 0 Å². The van der Waals surface area contributed by atoms with Crippen LogP contribution in [0.2, 0.25) is 0 Å². The van der Waals surface area contributed by atoms with Gasteiger partial charge in [-0.25, -0.2) is 0 Å². The lowest BCUT2D eigenvalue weighted by molar-refractivity contribution is 0.325. The van der Waals surface area contributed by atoms with E-state index in [1.807, 2.05) is 0 Å². The van der Waals surface area contributed by atoms with Crippen LogP contribution >= 0.6 is 0 Å². The van der Waals surface area contributed by atoms with Gasteiger partial charge in [-0.15, -0.1) is 0 Å². The van der Waals surface area contributed by atoms with Crippen molar-refractivity contribution in [3.63, 3.8) is 0 Å². The Morgan fingerprint density at radius 1 is 1.26 bits per heavy atom. The summed E-state index contributed by atoms with van der Waals surface area (Å²) in [6.45, 7) is 7.92. The Hall–Kier alpha value is -0.860. The molecule has 1 aliphatic heterocycles. The number of hydrogen-bond acceptors (Lipinski definition) is 2. The highest BCUT2D eigenvalue weighted by Crippen LogP contribution is 2.28. The van der Waals surface area contributed by atoms with Crippen molar-refractivity contribution >= 4 is 0 Å². The van der Waals surface area contributed by atoms with Crippen molar-refractivity contribution in [1.29, 1.82) is 0 Å². The van der Waals surface area contributed by atoms with E-state index in [-0.39, 0.29) is 0 Å². The van der Waals surface area contributed by atoms with Crippen LogP contribution in [-0.2, 0) is 0 Å². The predicted molar refractivity (Wildman–Crippen MR) is 82.7 cm³/mol. The molecule has 0 spiro atoms. The van der Waals surface area contributed by atoms with Gasteiger partial charge in [0.1, 0.15) is 0 Å². The standard InChI is InChI=1S/C17H28N2/c1-12(2)14-9-8-13(3)15(11-14)17(18-4)16-7-5-6-10-19-16/h8-9,11-12,16-19H,5-7,10H2,1-4H3. The first-order chi connectivity index (χ1) is 9.13. The summed E-state index contributed by atoms with van der Waals surface area (Å²) in [6, 6.07) is 7.94. The van der Waals surface area contributed by atoms with Gasteiger partial charge >= 0.3 is 0 Å². The van der Waals surface area contributed by atoms with Gasteiger partial charge in [-0.3, -0.25) is 0 Å². The molecule has 0 radical (unpaired) electrons. The predicted octanol–water partition coefficient (Wildman–Crippen LogP) is 3.52. The number of nitrogens with one attached hydrogen (secondary N) is 2. The van der Waals surface area contributed by atoms with Crippen LogP contribution < -0.4 is 10.6 Å². The van der Waals surface area contributed by atoms with E-state index in [0.717, 1.165) is 6.54 Å². The van der Waals surface area contributed by atoms with Crippen molar-refractivity contribution in [3.05, 3.63) is 34.9 Å². The minimum absolute atomic E-state index is 0.430. The van der Waals surface area contributed by atoms with Crippen molar-refractivity contribution < 1.29 is 0 Å². The number of benzene rings is 1. The number of piperidine rings is 1. The topological polar surface area (TPSA) is 24.1 Å². The number of hydrogen-bond donors (Lipinski definition) is 2. The Labute approximate surface area is 118 Å². The molecule has 0 saturated carbocycles. The molecule has 0 amide bonds. The molecule has 2 unspecified atom stereocenters. The molecule has 1 saturated heterocycles. The fourth-order valence-electron chi connectivity index (χ4n) is 3.09. The van der Waals surface area contributed by atoms with E-state index in [2.05, 4.69) is 56.7 Å². The summed E-state index contributed by atoms with van der Waals surface area (Å²) in [6.07, 6.45) is 3.94. The van der Waals surface area contributed by atoms with Crippen LogP contribution in [0.3, 0.4) is 0 Å². The average molecular weight is 260 g/mol. The Balaban J connectivity index is 2.28. The number of aryl methyl sites for hydroxylation is 1. The van der Waals surface area contributed by atoms with E-state index in [0.29, 0.717) is 18.0 Å². The van der Waals surface area contributed by atoms with Crippen molar-refractivity contribution in [2.45, 2.75) is 58.0 Å². The molecule has 1 fully saturated rings. The van der Waals surface area contributed by atoms with Crippen LogP contribution in [0.4, 0.5) is 0 Å². The molecule has 19 heavy (non-hydrogen) atoms. The molecular formula is C17H28N2. The summed E-state index contributed by atoms with van der Waals surface area (Å²) in [5, 5.41) is 7.21. The quantitative estimate of drug-likeness (QED) is 0.865. The van der Waals surface area contributed by atoms with Gasteiger partial charge in [0.25, 0.3) is 0 Å². The van der Waals surface area contributed by atoms with Gasteiger partial charge in [0.15, 0.2) is 0 Å². The third-order valence-electron chi connectivity index (χ3n) is 4.37. The van der Waals surface area contributed by atoms with Gasteiger partial charge < -0.3 is 10.6 Å². The van der Waals surface area contributed by atoms with Crippen LogP contribution in [0.5, 0.6) is 0 Å². The third kappa shape index (κ3) is 3.37. The first kappa shape index (κ1) is 14.5. The van der Waals surface area contributed by atoms with E-state index in [1.165, 1.54) is 36.0 Å². The van der Waals surface area contributed by atoms with Crippen molar-refractivity contribution in [2.75, 3.05) is 13.6 Å². The van der Waals surface area contributed by atoms with Crippen LogP contribution in [0.1, 0.15) is 61.8 Å². The zero-order valence-electron chi connectivity index (χ0n) is 12.8. The smallest absolute Gasteiger partial charge is 0.0476 e. The third-order valence-corrected chi connectivity index (χ3v) is 4.37. The summed E-state index contributed by atoms with van der Waals surface area (Å²) in [5.41, 5.74) is 4.31. The van der Waals surface area contributed by atoms with E-state index in [9.17, 15) is 0 Å². The highest BCUT2D eigenvalue weighted by atomic mass is 15.0. The molecule has 2 atom stereocenters. The van der Waals surface area contributed by atoms with E-state index in [4.69, 9.17) is 0 Å². The second-order valence-corrected chi connectivity index (χ2v) is 6.09. The molecule has 1 aliphatic rings. The minimum Gasteiger partial charge on any atom is -0.312 e. The Morgan fingerprint density at radius 3 is 2.63 bits per heavy atom. The molecule has 2 nitrogen and oxygen atoms in total. The zero-order chi connectivity index (χ0) is 13.8. The maximum absolute atomic E-state index is 3.68. The molecular weight excluding hydrogens is 232 g/mol. The van der Waals surface area contributed by atoms with Gasteiger partial charge in [-0.2, -0.15) is 0 Å². The highest BCUT2D eigenvalue weighted by molar-refractivity contribution is 5.35. The summed E-state index contributed by atoms with van der Waals surface area (Å²) in [4.78, 5) is 0. The number of rotatable bonds is 4. The molecule has 0 bridgehead atoms. The second kappa shape index (κ2) is 6.53. The number of likely N-dealkylation sites (N-methyl/N-ethyl adjacent to an activating group) is 1. The molecule has 2 heteroatoms. The molecule has 1 aromatic carbocycles. The Kier molecular flexibility index (Phi) is 5.00. The van der Waals surface area contributed by atoms with Gasteiger partial charge in [0.2, 0.25) is 0 Å². The molecule has 2 rings (SSSR count). The largest absolute Gasteiger partial charge is 0.312 e. The monoisotopic (exact) mass is 260 g/mol. The second-order valence-electron chi connectivity index (χ2n) is 6.09. The lowest BCUT2D eigenvalue weighted by Gasteiger charge is -2.32. The Morgan fingerprint density at radius 2 is 2.05 bits per heavy atom. The molecule has 106 valence electrons. The first-order valence-electron chi connectivity index (χ1n) is 7.64. The van der Waals surface area contributed by atoms with E-state index in [1.54, 1.807) is 0 Å². The fraction of sp³-hybridized carbons (Fsp3) is 0.647. The van der Waals surface area contributed by atoms with Crippen molar-refractivity contribution in [2.24, 2.45) is 0 Å². The normalized spacial score (nSPS) is 21.6. The molecule has 2 N–H and O–H groups in total. The van der Waals surface area contributed by atoms with Gasteiger partial charge in [0.05, 0.1) is 0 Å². The maximum atomic E-state index is 3.68. The van der Waals surface area contributed by atoms with Gasteiger partial charge in [0, 0.05) is 12.1 Å². The molecule has 1 heterocycles. The van der Waals surface area contributed by atoms with Crippen molar-refractivity contribution in [1.82, 2.24) is 10.6 Å². The van der Waals surface area contributed by atoms with Gasteiger partial charge in [-0.1, -0.05) is 38.5 Å². The lowest BCUT2D eigenvalue weighted by atomic mass is 9.88.